The molecule has 0 aromatic heterocycles. The first-order valence-corrected chi connectivity index (χ1v) is 8.11. The molecule has 0 saturated carbocycles. The highest BCUT2D eigenvalue weighted by Crippen LogP contribution is 2.33. The van der Waals surface area contributed by atoms with Gasteiger partial charge >= 0.3 is 0 Å². The Morgan fingerprint density at radius 3 is 3.05 bits per heavy atom. The summed E-state index contributed by atoms with van der Waals surface area (Å²) in [7, 11) is 0. The molecule has 0 amide bonds. The van der Waals surface area contributed by atoms with Crippen molar-refractivity contribution in [2.75, 3.05) is 26.2 Å². The maximum atomic E-state index is 3.61. The maximum absolute atomic E-state index is 3.61. The minimum Gasteiger partial charge on any atom is -0.311 e. The molecule has 3 aliphatic rings. The first-order valence-electron chi connectivity index (χ1n) is 8.11. The quantitative estimate of drug-likeness (QED) is 0.843. The van der Waals surface area contributed by atoms with Crippen LogP contribution < -0.4 is 5.32 Å². The minimum absolute atomic E-state index is 0.567. The number of rotatable bonds is 1. The first-order chi connectivity index (χ1) is 9.83. The van der Waals surface area contributed by atoms with Crippen molar-refractivity contribution in [3.8, 4) is 0 Å². The highest BCUT2D eigenvalue weighted by molar-refractivity contribution is 5.32. The van der Waals surface area contributed by atoms with E-state index in [0.29, 0.717) is 12.1 Å². The van der Waals surface area contributed by atoms with Gasteiger partial charge in [0.1, 0.15) is 0 Å². The molecule has 1 aromatic rings. The van der Waals surface area contributed by atoms with Crippen LogP contribution in [0, 0.1) is 0 Å². The summed E-state index contributed by atoms with van der Waals surface area (Å²) in [4.78, 5) is 5.47. The summed E-state index contributed by atoms with van der Waals surface area (Å²) in [5.41, 5.74) is 3.05. The Morgan fingerprint density at radius 2 is 2.10 bits per heavy atom. The molecular weight excluding hydrogens is 246 g/mol. The Morgan fingerprint density at radius 1 is 1.20 bits per heavy atom. The Balaban J connectivity index is 1.61. The Bertz CT molecular complexity index is 487. The number of hydrogen-bond acceptors (Lipinski definition) is 3. The number of benzene rings is 1. The molecule has 0 aliphatic carbocycles. The molecule has 3 aliphatic heterocycles. The van der Waals surface area contributed by atoms with Crippen LogP contribution in [0.2, 0.25) is 0 Å². The average Bonchev–Trinajstić information content (AvgIpc) is 2.93. The van der Waals surface area contributed by atoms with Gasteiger partial charge in [-0.3, -0.25) is 9.80 Å². The van der Waals surface area contributed by atoms with Gasteiger partial charge in [0.15, 0.2) is 0 Å². The van der Waals surface area contributed by atoms with E-state index in [9.17, 15) is 0 Å². The van der Waals surface area contributed by atoms with E-state index in [2.05, 4.69) is 46.3 Å². The zero-order valence-electron chi connectivity index (χ0n) is 12.4. The van der Waals surface area contributed by atoms with E-state index >= 15 is 0 Å². The van der Waals surface area contributed by atoms with Crippen molar-refractivity contribution in [1.82, 2.24) is 15.1 Å². The molecule has 1 aromatic carbocycles. The number of hydrogen-bond donors (Lipinski definition) is 1. The summed E-state index contributed by atoms with van der Waals surface area (Å²) in [5, 5.41) is 3.61. The molecule has 2 fully saturated rings. The molecule has 0 spiro atoms. The van der Waals surface area contributed by atoms with E-state index in [-0.39, 0.29) is 0 Å². The number of fused-ring (bicyclic) bond motifs is 2. The summed E-state index contributed by atoms with van der Waals surface area (Å²) in [6.07, 6.45) is 2.79. The van der Waals surface area contributed by atoms with Crippen molar-refractivity contribution in [2.24, 2.45) is 0 Å². The second-order valence-corrected chi connectivity index (χ2v) is 6.68. The van der Waals surface area contributed by atoms with Crippen molar-refractivity contribution < 1.29 is 0 Å². The standard InChI is InChI=1S/C17H25N3/c1-13-11-19-8-4-6-15(19)12-20(13)17-10-18-9-14-5-2-3-7-16(14)17/h2-3,5,7,13,15,17-18H,4,6,8-12H2,1H3. The van der Waals surface area contributed by atoms with Crippen molar-refractivity contribution >= 4 is 0 Å². The molecule has 1 N–H and O–H groups in total. The normalized spacial score (nSPS) is 34.8. The van der Waals surface area contributed by atoms with Crippen molar-refractivity contribution in [1.29, 1.82) is 0 Å². The molecule has 2 saturated heterocycles. The zero-order valence-corrected chi connectivity index (χ0v) is 12.4. The maximum Gasteiger partial charge on any atom is 0.0480 e. The van der Waals surface area contributed by atoms with Gasteiger partial charge in [-0.15, -0.1) is 0 Å². The van der Waals surface area contributed by atoms with Crippen LogP contribution in [0.25, 0.3) is 0 Å². The SMILES string of the molecule is CC1CN2CCCC2CN1C1CNCc2ccccc21. The lowest BCUT2D eigenvalue weighted by atomic mass is 9.93. The molecule has 20 heavy (non-hydrogen) atoms. The molecule has 3 unspecified atom stereocenters. The van der Waals surface area contributed by atoms with Crippen molar-refractivity contribution in [3.05, 3.63) is 35.4 Å². The number of nitrogens with zero attached hydrogens (tertiary/aromatic N) is 2. The topological polar surface area (TPSA) is 18.5 Å². The molecule has 3 nitrogen and oxygen atoms in total. The van der Waals surface area contributed by atoms with Crippen LogP contribution in [0.1, 0.15) is 36.9 Å². The number of piperazine rings is 1. The Labute approximate surface area is 121 Å². The van der Waals surface area contributed by atoms with E-state index in [4.69, 9.17) is 0 Å². The Kier molecular flexibility index (Phi) is 3.29. The van der Waals surface area contributed by atoms with Gasteiger partial charge in [0.2, 0.25) is 0 Å². The number of nitrogens with one attached hydrogen (secondary N) is 1. The third-order valence-electron chi connectivity index (χ3n) is 5.45. The fourth-order valence-corrected chi connectivity index (χ4v) is 4.41. The third-order valence-corrected chi connectivity index (χ3v) is 5.45. The largest absolute Gasteiger partial charge is 0.311 e. The third kappa shape index (κ3) is 2.09. The van der Waals surface area contributed by atoms with Gasteiger partial charge < -0.3 is 5.32 Å². The summed E-state index contributed by atoms with van der Waals surface area (Å²) in [6, 6.07) is 11.0. The van der Waals surface area contributed by atoms with E-state index in [0.717, 1.165) is 19.1 Å². The molecule has 4 rings (SSSR count). The molecule has 108 valence electrons. The van der Waals surface area contributed by atoms with Gasteiger partial charge in [0.05, 0.1) is 0 Å². The lowest BCUT2D eigenvalue weighted by Crippen LogP contribution is -2.57. The van der Waals surface area contributed by atoms with E-state index in [1.807, 2.05) is 0 Å². The molecule has 3 atom stereocenters. The second kappa shape index (κ2) is 5.14. The Hall–Kier alpha value is -0.900. The lowest BCUT2D eigenvalue weighted by Gasteiger charge is -2.47. The van der Waals surface area contributed by atoms with Crippen LogP contribution in [0.5, 0.6) is 0 Å². The molecule has 0 radical (unpaired) electrons. The van der Waals surface area contributed by atoms with Gasteiger partial charge in [-0.1, -0.05) is 24.3 Å². The summed E-state index contributed by atoms with van der Waals surface area (Å²) >= 11 is 0. The van der Waals surface area contributed by atoms with Crippen LogP contribution in [-0.4, -0.2) is 48.1 Å². The fourth-order valence-electron chi connectivity index (χ4n) is 4.41. The van der Waals surface area contributed by atoms with E-state index < -0.39 is 0 Å². The predicted octanol–water partition coefficient (Wildman–Crippen LogP) is 2.00. The van der Waals surface area contributed by atoms with Crippen LogP contribution in [0.4, 0.5) is 0 Å². The van der Waals surface area contributed by atoms with E-state index in [1.165, 1.54) is 38.0 Å². The van der Waals surface area contributed by atoms with Crippen molar-refractivity contribution in [3.63, 3.8) is 0 Å². The lowest BCUT2D eigenvalue weighted by molar-refractivity contribution is 0.0248. The summed E-state index contributed by atoms with van der Waals surface area (Å²) in [6.45, 7) is 8.37. The van der Waals surface area contributed by atoms with Gasteiger partial charge in [0.25, 0.3) is 0 Å². The minimum atomic E-state index is 0.567. The van der Waals surface area contributed by atoms with Crippen LogP contribution in [-0.2, 0) is 6.54 Å². The van der Waals surface area contributed by atoms with Gasteiger partial charge in [-0.25, -0.2) is 0 Å². The van der Waals surface area contributed by atoms with Gasteiger partial charge in [0, 0.05) is 44.3 Å². The van der Waals surface area contributed by atoms with Crippen LogP contribution >= 0.6 is 0 Å². The fraction of sp³-hybridized carbons (Fsp3) is 0.647. The van der Waals surface area contributed by atoms with Crippen molar-refractivity contribution in [2.45, 2.75) is 44.4 Å². The average molecular weight is 271 g/mol. The molecular formula is C17H25N3. The smallest absolute Gasteiger partial charge is 0.0480 e. The monoisotopic (exact) mass is 271 g/mol. The second-order valence-electron chi connectivity index (χ2n) is 6.68. The van der Waals surface area contributed by atoms with Gasteiger partial charge in [-0.05, 0) is 37.4 Å². The van der Waals surface area contributed by atoms with Crippen LogP contribution in [0.3, 0.4) is 0 Å². The van der Waals surface area contributed by atoms with Crippen LogP contribution in [0.15, 0.2) is 24.3 Å². The summed E-state index contributed by atoms with van der Waals surface area (Å²) < 4.78 is 0. The van der Waals surface area contributed by atoms with E-state index in [1.54, 1.807) is 5.56 Å². The first kappa shape index (κ1) is 12.8. The highest BCUT2D eigenvalue weighted by atomic mass is 15.3. The summed E-state index contributed by atoms with van der Waals surface area (Å²) in [5.74, 6) is 0. The molecule has 0 bridgehead atoms. The highest BCUT2D eigenvalue weighted by Gasteiger charge is 2.38. The predicted molar refractivity (Wildman–Crippen MR) is 81.7 cm³/mol. The zero-order chi connectivity index (χ0) is 13.5. The molecule has 3 heteroatoms. The van der Waals surface area contributed by atoms with Gasteiger partial charge in [-0.2, -0.15) is 0 Å². The molecule has 3 heterocycles.